The van der Waals surface area contributed by atoms with Crippen LogP contribution in [0.1, 0.15) is 22.4 Å². The molecule has 1 aromatic carbocycles. The number of hydrogen-bond donors (Lipinski definition) is 0. The van der Waals surface area contributed by atoms with Crippen molar-refractivity contribution in [2.75, 3.05) is 11.4 Å². The van der Waals surface area contributed by atoms with Gasteiger partial charge in [-0.3, -0.25) is 0 Å². The second kappa shape index (κ2) is 4.61. The maximum atomic E-state index is 13.5. The third kappa shape index (κ3) is 1.92. The average molecular weight is 267 g/mol. The highest BCUT2D eigenvalue weighted by Crippen LogP contribution is 2.36. The van der Waals surface area contributed by atoms with Crippen LogP contribution in [-0.4, -0.2) is 11.5 Å². The van der Waals surface area contributed by atoms with Gasteiger partial charge in [0, 0.05) is 17.9 Å². The highest BCUT2D eigenvalue weighted by molar-refractivity contribution is 5.72. The van der Waals surface area contributed by atoms with Gasteiger partial charge in [-0.2, -0.15) is 5.26 Å². The molecule has 1 aliphatic heterocycles. The van der Waals surface area contributed by atoms with Gasteiger partial charge < -0.3 is 4.90 Å². The zero-order valence-corrected chi connectivity index (χ0v) is 11.4. The Labute approximate surface area is 117 Å². The summed E-state index contributed by atoms with van der Waals surface area (Å²) in [5, 5.41) is 9.36. The molecule has 100 valence electrons. The number of aryl methyl sites for hydroxylation is 2. The van der Waals surface area contributed by atoms with E-state index >= 15 is 0 Å². The molecule has 0 unspecified atom stereocenters. The second-order valence-electron chi connectivity index (χ2n) is 5.07. The third-order valence-electron chi connectivity index (χ3n) is 3.64. The lowest BCUT2D eigenvalue weighted by Gasteiger charge is -2.21. The molecule has 2 heterocycles. The van der Waals surface area contributed by atoms with Crippen LogP contribution in [0.25, 0.3) is 0 Å². The van der Waals surface area contributed by atoms with Gasteiger partial charge in [-0.25, -0.2) is 9.37 Å². The fourth-order valence-corrected chi connectivity index (χ4v) is 2.72. The van der Waals surface area contributed by atoms with Crippen molar-refractivity contribution < 1.29 is 4.39 Å². The molecule has 0 saturated heterocycles. The number of nitrogens with zero attached hydrogens (tertiary/aromatic N) is 3. The summed E-state index contributed by atoms with van der Waals surface area (Å²) in [6.45, 7) is 4.53. The van der Waals surface area contributed by atoms with E-state index in [1.165, 1.54) is 12.1 Å². The number of fused-ring (bicyclic) bond motifs is 1. The van der Waals surface area contributed by atoms with Gasteiger partial charge in [0.1, 0.15) is 11.9 Å². The molecule has 3 rings (SSSR count). The molecule has 0 spiro atoms. The van der Waals surface area contributed by atoms with E-state index in [2.05, 4.69) is 11.1 Å². The van der Waals surface area contributed by atoms with Gasteiger partial charge in [-0.05, 0) is 49.6 Å². The highest BCUT2D eigenvalue weighted by atomic mass is 19.1. The Morgan fingerprint density at radius 2 is 2.10 bits per heavy atom. The number of halogens is 1. The fraction of sp³-hybridized carbons (Fsp3) is 0.250. The fourth-order valence-electron chi connectivity index (χ4n) is 2.72. The minimum Gasteiger partial charge on any atom is -0.325 e. The highest BCUT2D eigenvalue weighted by Gasteiger charge is 2.25. The van der Waals surface area contributed by atoms with Crippen molar-refractivity contribution in [2.45, 2.75) is 20.3 Å². The summed E-state index contributed by atoms with van der Waals surface area (Å²) in [5.41, 5.74) is 4.24. The summed E-state index contributed by atoms with van der Waals surface area (Å²) in [7, 11) is 0. The molecule has 0 fully saturated rings. The van der Waals surface area contributed by atoms with Crippen LogP contribution in [0.15, 0.2) is 24.3 Å². The lowest BCUT2D eigenvalue weighted by atomic mass is 10.1. The third-order valence-corrected chi connectivity index (χ3v) is 3.64. The van der Waals surface area contributed by atoms with Gasteiger partial charge in [0.15, 0.2) is 5.82 Å². The predicted molar refractivity (Wildman–Crippen MR) is 75.5 cm³/mol. The molecular weight excluding hydrogens is 253 g/mol. The minimum atomic E-state index is -0.265. The quantitative estimate of drug-likeness (QED) is 0.795. The summed E-state index contributed by atoms with van der Waals surface area (Å²) in [6, 6.07) is 8.91. The van der Waals surface area contributed by atoms with Crippen molar-refractivity contribution in [3.05, 3.63) is 52.5 Å². The van der Waals surface area contributed by atoms with Crippen LogP contribution in [0.3, 0.4) is 0 Å². The van der Waals surface area contributed by atoms with E-state index in [-0.39, 0.29) is 5.82 Å². The zero-order chi connectivity index (χ0) is 14.3. The summed E-state index contributed by atoms with van der Waals surface area (Å²) in [5.74, 6) is 0.368. The SMILES string of the molecule is Cc1cc(C)c(C#N)c(N2CCc3ccc(F)cc32)n1. The Kier molecular flexibility index (Phi) is 2.90. The van der Waals surface area contributed by atoms with E-state index in [9.17, 15) is 9.65 Å². The Hall–Kier alpha value is -2.41. The van der Waals surface area contributed by atoms with Crippen LogP contribution < -0.4 is 4.90 Å². The maximum Gasteiger partial charge on any atom is 0.151 e. The molecule has 0 saturated carbocycles. The van der Waals surface area contributed by atoms with Crippen molar-refractivity contribution in [1.29, 1.82) is 5.26 Å². The summed E-state index contributed by atoms with van der Waals surface area (Å²) in [6.07, 6.45) is 0.842. The first-order valence-corrected chi connectivity index (χ1v) is 6.54. The Balaban J connectivity index is 2.18. The van der Waals surface area contributed by atoms with Crippen LogP contribution >= 0.6 is 0 Å². The number of rotatable bonds is 1. The molecule has 0 aliphatic carbocycles. The van der Waals surface area contributed by atoms with E-state index in [1.54, 1.807) is 6.07 Å². The van der Waals surface area contributed by atoms with Gasteiger partial charge in [0.25, 0.3) is 0 Å². The molecule has 0 N–H and O–H groups in total. The van der Waals surface area contributed by atoms with Crippen molar-refractivity contribution >= 4 is 11.5 Å². The molecule has 3 nitrogen and oxygen atoms in total. The molecule has 0 atom stereocenters. The Morgan fingerprint density at radius 3 is 2.85 bits per heavy atom. The summed E-state index contributed by atoms with van der Waals surface area (Å²) < 4.78 is 13.5. The lowest BCUT2D eigenvalue weighted by molar-refractivity contribution is 0.628. The molecule has 0 radical (unpaired) electrons. The van der Waals surface area contributed by atoms with E-state index in [4.69, 9.17) is 0 Å². The molecule has 4 heteroatoms. The van der Waals surface area contributed by atoms with Crippen molar-refractivity contribution in [3.63, 3.8) is 0 Å². The number of pyridine rings is 1. The first-order valence-electron chi connectivity index (χ1n) is 6.54. The van der Waals surface area contributed by atoms with Crippen LogP contribution in [0.4, 0.5) is 15.9 Å². The number of benzene rings is 1. The Morgan fingerprint density at radius 1 is 1.30 bits per heavy atom. The smallest absolute Gasteiger partial charge is 0.151 e. The predicted octanol–water partition coefficient (Wildman–Crippen LogP) is 3.40. The average Bonchev–Trinajstić information content (AvgIpc) is 2.80. The van der Waals surface area contributed by atoms with E-state index in [0.29, 0.717) is 11.4 Å². The molecule has 1 aliphatic rings. The monoisotopic (exact) mass is 267 g/mol. The molecule has 0 bridgehead atoms. The second-order valence-corrected chi connectivity index (χ2v) is 5.07. The largest absolute Gasteiger partial charge is 0.325 e. The van der Waals surface area contributed by atoms with E-state index in [1.807, 2.05) is 24.8 Å². The van der Waals surface area contributed by atoms with Gasteiger partial charge in [0.2, 0.25) is 0 Å². The molecule has 2 aromatic rings. The van der Waals surface area contributed by atoms with Crippen molar-refractivity contribution in [1.82, 2.24) is 4.98 Å². The van der Waals surface area contributed by atoms with Crippen LogP contribution in [0.5, 0.6) is 0 Å². The summed E-state index contributed by atoms with van der Waals surface area (Å²) >= 11 is 0. The van der Waals surface area contributed by atoms with Crippen molar-refractivity contribution in [2.24, 2.45) is 0 Å². The first-order chi connectivity index (χ1) is 9.60. The number of aromatic nitrogens is 1. The minimum absolute atomic E-state index is 0.265. The lowest BCUT2D eigenvalue weighted by Crippen LogP contribution is -2.17. The first kappa shape index (κ1) is 12.6. The molecule has 0 amide bonds. The van der Waals surface area contributed by atoms with Gasteiger partial charge in [-0.1, -0.05) is 6.07 Å². The van der Waals surface area contributed by atoms with Crippen LogP contribution in [-0.2, 0) is 6.42 Å². The van der Waals surface area contributed by atoms with Gasteiger partial charge in [-0.15, -0.1) is 0 Å². The Bertz CT molecular complexity index is 731. The summed E-state index contributed by atoms with van der Waals surface area (Å²) in [4.78, 5) is 6.44. The zero-order valence-electron chi connectivity index (χ0n) is 11.4. The molecular formula is C16H14FN3. The number of nitriles is 1. The van der Waals surface area contributed by atoms with E-state index in [0.717, 1.165) is 35.5 Å². The van der Waals surface area contributed by atoms with Crippen LogP contribution in [0.2, 0.25) is 0 Å². The van der Waals surface area contributed by atoms with Gasteiger partial charge >= 0.3 is 0 Å². The molecule has 20 heavy (non-hydrogen) atoms. The van der Waals surface area contributed by atoms with Gasteiger partial charge in [0.05, 0.1) is 5.56 Å². The van der Waals surface area contributed by atoms with E-state index < -0.39 is 0 Å². The van der Waals surface area contributed by atoms with Crippen LogP contribution in [0, 0.1) is 31.0 Å². The normalized spacial score (nSPS) is 13.2. The standard InChI is InChI=1S/C16H14FN3/c1-10-7-11(2)19-16(14(10)9-18)20-6-5-12-3-4-13(17)8-15(12)20/h3-4,7-8H,5-6H2,1-2H3. The number of anilines is 2. The molecule has 1 aromatic heterocycles. The maximum absolute atomic E-state index is 13.5. The topological polar surface area (TPSA) is 39.9 Å². The number of hydrogen-bond acceptors (Lipinski definition) is 3. The van der Waals surface area contributed by atoms with Crippen molar-refractivity contribution in [3.8, 4) is 6.07 Å².